The normalized spacial score (nSPS) is 11.9. The number of nitrogens with two attached hydrogens (primary N) is 1. The van der Waals surface area contributed by atoms with Gasteiger partial charge in [-0.3, -0.25) is 19.0 Å². The Morgan fingerprint density at radius 1 is 1.29 bits per heavy atom. The predicted molar refractivity (Wildman–Crippen MR) is 124 cm³/mol. The van der Waals surface area contributed by atoms with Gasteiger partial charge in [0.15, 0.2) is 5.69 Å². The Hall–Kier alpha value is -3.26. The number of halogens is 4. The number of hydrogen-bond acceptors (Lipinski definition) is 6. The Morgan fingerprint density at radius 2 is 2.00 bits per heavy atom. The highest BCUT2D eigenvalue weighted by atomic mass is 79.9. The first kappa shape index (κ1) is 23.9. The quantitative estimate of drug-likeness (QED) is 0.379. The van der Waals surface area contributed by atoms with Crippen molar-refractivity contribution in [1.82, 2.24) is 24.5 Å². The summed E-state index contributed by atoms with van der Waals surface area (Å²) < 4.78 is 44.4. The number of carbonyl (C=O) groups excluding carboxylic acids is 2. The summed E-state index contributed by atoms with van der Waals surface area (Å²) in [7, 11) is 1.65. The molecule has 4 rings (SSSR count). The number of primary amides is 1. The van der Waals surface area contributed by atoms with Crippen LogP contribution in [0.2, 0.25) is 0 Å². The molecule has 0 unspecified atom stereocenters. The number of nitrogens with one attached hydrogen (secondary N) is 1. The van der Waals surface area contributed by atoms with Crippen LogP contribution in [0, 0.1) is 6.92 Å². The number of rotatable bonds is 5. The van der Waals surface area contributed by atoms with E-state index in [1.807, 2.05) is 6.92 Å². The minimum atomic E-state index is -4.74. The highest BCUT2D eigenvalue weighted by molar-refractivity contribution is 9.10. The van der Waals surface area contributed by atoms with Crippen molar-refractivity contribution in [3.05, 3.63) is 44.9 Å². The molecule has 178 valence electrons. The number of anilines is 1. The summed E-state index contributed by atoms with van der Waals surface area (Å²) in [6, 6.07) is 0.876. The van der Waals surface area contributed by atoms with Gasteiger partial charge < -0.3 is 11.1 Å². The molecule has 0 spiro atoms. The number of aryl methyl sites for hydroxylation is 2. The Bertz CT molecular complexity index is 1450. The van der Waals surface area contributed by atoms with Crippen LogP contribution in [0.5, 0.6) is 0 Å². The summed E-state index contributed by atoms with van der Waals surface area (Å²) in [4.78, 5) is 28.7. The fraction of sp³-hybridized carbons (Fsp3) is 0.250. The molecule has 0 saturated heterocycles. The molecule has 0 atom stereocenters. The molecule has 0 aliphatic heterocycles. The van der Waals surface area contributed by atoms with E-state index in [1.165, 1.54) is 15.6 Å². The van der Waals surface area contributed by atoms with Gasteiger partial charge >= 0.3 is 6.18 Å². The van der Waals surface area contributed by atoms with E-state index in [1.54, 1.807) is 20.2 Å². The molecule has 0 aliphatic rings. The van der Waals surface area contributed by atoms with E-state index in [2.05, 4.69) is 36.4 Å². The van der Waals surface area contributed by atoms with Gasteiger partial charge in [-0.1, -0.05) is 0 Å². The summed E-state index contributed by atoms with van der Waals surface area (Å²) in [5.74, 6) is -1.59. The average molecular weight is 556 g/mol. The summed E-state index contributed by atoms with van der Waals surface area (Å²) in [5, 5.41) is 11.1. The molecule has 0 radical (unpaired) electrons. The van der Waals surface area contributed by atoms with Gasteiger partial charge in [0.1, 0.15) is 15.4 Å². The monoisotopic (exact) mass is 555 g/mol. The van der Waals surface area contributed by atoms with Crippen molar-refractivity contribution < 1.29 is 22.8 Å². The zero-order chi connectivity index (χ0) is 24.9. The minimum absolute atomic E-state index is 0.0325. The van der Waals surface area contributed by atoms with Crippen LogP contribution in [0.4, 0.5) is 18.9 Å². The molecule has 34 heavy (non-hydrogen) atoms. The van der Waals surface area contributed by atoms with Crippen LogP contribution in [0.25, 0.3) is 21.3 Å². The molecule has 4 aromatic rings. The number of aromatic nitrogens is 5. The lowest BCUT2D eigenvalue weighted by atomic mass is 10.0. The van der Waals surface area contributed by atoms with Gasteiger partial charge in [-0.15, -0.1) is 11.3 Å². The summed E-state index contributed by atoms with van der Waals surface area (Å²) in [6.45, 7) is 4.04. The number of amides is 2. The maximum atomic E-state index is 13.6. The molecule has 0 bridgehead atoms. The number of carbonyl (C=O) groups is 2. The molecule has 0 saturated carbocycles. The molecular weight excluding hydrogens is 539 g/mol. The van der Waals surface area contributed by atoms with E-state index in [9.17, 15) is 22.8 Å². The number of hydrogen-bond donors (Lipinski definition) is 2. The van der Waals surface area contributed by atoms with E-state index in [-0.39, 0.29) is 32.0 Å². The van der Waals surface area contributed by atoms with Gasteiger partial charge in [-0.05, 0) is 41.4 Å². The minimum Gasteiger partial charge on any atom is -0.365 e. The van der Waals surface area contributed by atoms with Crippen LogP contribution in [-0.4, -0.2) is 36.4 Å². The van der Waals surface area contributed by atoms with Crippen molar-refractivity contribution in [3.8, 4) is 11.1 Å². The lowest BCUT2D eigenvalue weighted by Gasteiger charge is -2.12. The first-order valence-corrected chi connectivity index (χ1v) is 11.4. The van der Waals surface area contributed by atoms with Crippen molar-refractivity contribution in [2.45, 2.75) is 26.6 Å². The van der Waals surface area contributed by atoms with Crippen LogP contribution in [0.3, 0.4) is 0 Å². The maximum Gasteiger partial charge on any atom is 0.433 e. The smallest absolute Gasteiger partial charge is 0.365 e. The van der Waals surface area contributed by atoms with Crippen LogP contribution < -0.4 is 11.1 Å². The lowest BCUT2D eigenvalue weighted by Crippen LogP contribution is -2.18. The zero-order valence-corrected chi connectivity index (χ0v) is 20.4. The summed E-state index contributed by atoms with van der Waals surface area (Å²) in [6.07, 6.45) is -1.72. The van der Waals surface area contributed by atoms with Crippen LogP contribution in [0.1, 0.15) is 38.5 Å². The second-order valence-electron chi connectivity index (χ2n) is 7.31. The Labute approximate surface area is 202 Å². The van der Waals surface area contributed by atoms with Gasteiger partial charge in [-0.25, -0.2) is 4.98 Å². The van der Waals surface area contributed by atoms with Crippen LogP contribution in [-0.2, 0) is 19.8 Å². The third-order valence-electron chi connectivity index (χ3n) is 5.20. The van der Waals surface area contributed by atoms with E-state index >= 15 is 0 Å². The molecule has 0 fully saturated rings. The Morgan fingerprint density at radius 3 is 2.53 bits per heavy atom. The lowest BCUT2D eigenvalue weighted by molar-refractivity contribution is -0.140. The van der Waals surface area contributed by atoms with Crippen molar-refractivity contribution >= 4 is 55.0 Å². The number of fused-ring (bicyclic) bond motifs is 1. The maximum absolute atomic E-state index is 13.6. The van der Waals surface area contributed by atoms with Crippen LogP contribution in [0.15, 0.2) is 22.9 Å². The van der Waals surface area contributed by atoms with Crippen molar-refractivity contribution in [1.29, 1.82) is 0 Å². The number of alkyl halides is 3. The molecule has 9 nitrogen and oxygen atoms in total. The van der Waals surface area contributed by atoms with Gasteiger partial charge in [0, 0.05) is 36.4 Å². The third-order valence-corrected chi connectivity index (χ3v) is 6.87. The van der Waals surface area contributed by atoms with Gasteiger partial charge in [0.25, 0.3) is 11.8 Å². The van der Waals surface area contributed by atoms with Gasteiger partial charge in [0.2, 0.25) is 0 Å². The average Bonchev–Trinajstić information content (AvgIpc) is 3.42. The summed E-state index contributed by atoms with van der Waals surface area (Å²) >= 11 is 3.94. The second-order valence-corrected chi connectivity index (χ2v) is 9.16. The highest BCUT2D eigenvalue weighted by Gasteiger charge is 2.35. The van der Waals surface area contributed by atoms with E-state index < -0.39 is 23.7 Å². The Kier molecular flexibility index (Phi) is 5.97. The van der Waals surface area contributed by atoms with Crippen LogP contribution >= 0.6 is 27.3 Å². The number of thiophene rings is 1. The highest BCUT2D eigenvalue weighted by Crippen LogP contribution is 2.44. The fourth-order valence-electron chi connectivity index (χ4n) is 3.40. The number of pyridine rings is 1. The SMILES string of the molecule is CCn1cc(Br)c(C(=O)Nc2c(C(N)=O)sc3nc(C(F)(F)F)cc(-c4cnn(C)c4C)c23)n1. The molecule has 0 aliphatic carbocycles. The first-order valence-electron chi connectivity index (χ1n) is 9.80. The topological polar surface area (TPSA) is 121 Å². The van der Waals surface area contributed by atoms with E-state index in [0.717, 1.165) is 6.07 Å². The molecule has 4 aromatic heterocycles. The van der Waals surface area contributed by atoms with Crippen molar-refractivity contribution in [2.75, 3.05) is 5.32 Å². The fourth-order valence-corrected chi connectivity index (χ4v) is 4.90. The molecule has 2 amide bonds. The van der Waals surface area contributed by atoms with Crippen molar-refractivity contribution in [3.63, 3.8) is 0 Å². The number of nitrogens with zero attached hydrogens (tertiary/aromatic N) is 5. The Balaban J connectivity index is 1.99. The molecule has 4 heterocycles. The zero-order valence-electron chi connectivity index (χ0n) is 18.0. The molecule has 14 heteroatoms. The second kappa shape index (κ2) is 8.51. The molecular formula is C20H17BrF3N7O2S. The first-order chi connectivity index (χ1) is 15.9. The predicted octanol–water partition coefficient (Wildman–Crippen LogP) is 4.35. The molecule has 0 aromatic carbocycles. The van der Waals surface area contributed by atoms with Gasteiger partial charge in [-0.2, -0.15) is 23.4 Å². The van der Waals surface area contributed by atoms with E-state index in [4.69, 9.17) is 5.73 Å². The largest absolute Gasteiger partial charge is 0.433 e. The standard InChI is InChI=1S/C20H17BrF3N7O2S/c1-4-31-7-11(21)14(29-31)18(33)28-15-13-9(10-6-26-30(3)8(10)2)5-12(20(22,23)24)27-19(13)34-16(15)17(25)32/h5-7H,4H2,1-3H3,(H2,25,32)(H,28,33). The van der Waals surface area contributed by atoms with E-state index in [0.29, 0.717) is 33.6 Å². The van der Waals surface area contributed by atoms with Gasteiger partial charge in [0.05, 0.1) is 16.4 Å². The summed E-state index contributed by atoms with van der Waals surface area (Å²) in [5.41, 5.74) is 5.46. The molecule has 3 N–H and O–H groups in total. The van der Waals surface area contributed by atoms with Crippen molar-refractivity contribution in [2.24, 2.45) is 12.8 Å². The third kappa shape index (κ3) is 4.07.